The molecule has 1 saturated carbocycles. The molecule has 4 nitrogen and oxygen atoms in total. The standard InChI is InChI=1S/C20H34N2O2.H2/c1-19(2,3)24-20(4,23)21-17-13-9-10-14-18(17)22(5)15-16-11-7-6-8-12-16;/h6-8,11-12,17-18,21,23H,9-10,13-15H2,1-5H3;1H/t17-,18+,20?;/m0./s1. The molecule has 0 aliphatic heterocycles. The first-order valence-electron chi connectivity index (χ1n) is 9.11. The predicted molar refractivity (Wildman–Crippen MR) is 101 cm³/mol. The molecular weight excluding hydrogens is 300 g/mol. The molecule has 0 amide bonds. The van der Waals surface area contributed by atoms with Gasteiger partial charge in [0.15, 0.2) is 0 Å². The van der Waals surface area contributed by atoms with E-state index in [9.17, 15) is 5.11 Å². The topological polar surface area (TPSA) is 44.7 Å². The van der Waals surface area contributed by atoms with Crippen LogP contribution in [0.2, 0.25) is 0 Å². The predicted octanol–water partition coefficient (Wildman–Crippen LogP) is 3.75. The zero-order valence-electron chi connectivity index (χ0n) is 15.9. The molecule has 4 heteroatoms. The zero-order chi connectivity index (χ0) is 17.8. The largest absolute Gasteiger partial charge is 0.353 e. The van der Waals surface area contributed by atoms with Gasteiger partial charge in [0.25, 0.3) is 0 Å². The van der Waals surface area contributed by atoms with E-state index in [-0.39, 0.29) is 7.47 Å². The molecule has 0 bridgehead atoms. The first-order valence-corrected chi connectivity index (χ1v) is 9.11. The highest BCUT2D eigenvalue weighted by atomic mass is 16.7. The van der Waals surface area contributed by atoms with Crippen LogP contribution in [0, 0.1) is 0 Å². The Balaban J connectivity index is 0.00000312. The summed E-state index contributed by atoms with van der Waals surface area (Å²) in [5, 5.41) is 14.0. The van der Waals surface area contributed by atoms with Crippen molar-refractivity contribution in [1.82, 2.24) is 10.2 Å². The first kappa shape index (κ1) is 19.4. The van der Waals surface area contributed by atoms with E-state index in [4.69, 9.17) is 4.74 Å². The number of nitrogens with one attached hydrogen (secondary N) is 1. The number of ether oxygens (including phenoxy) is 1. The number of benzene rings is 1. The quantitative estimate of drug-likeness (QED) is 0.777. The minimum Gasteiger partial charge on any atom is -0.353 e. The van der Waals surface area contributed by atoms with Crippen molar-refractivity contribution in [2.75, 3.05) is 7.05 Å². The third-order valence-electron chi connectivity index (χ3n) is 4.53. The summed E-state index contributed by atoms with van der Waals surface area (Å²) in [6, 6.07) is 11.2. The zero-order valence-corrected chi connectivity index (χ0v) is 15.9. The smallest absolute Gasteiger partial charge is 0.222 e. The Morgan fingerprint density at radius 3 is 2.42 bits per heavy atom. The highest BCUT2D eigenvalue weighted by Gasteiger charge is 2.36. The summed E-state index contributed by atoms with van der Waals surface area (Å²) in [5.41, 5.74) is 0.929. The minimum atomic E-state index is -1.31. The van der Waals surface area contributed by atoms with Gasteiger partial charge in [-0.1, -0.05) is 43.2 Å². The van der Waals surface area contributed by atoms with Crippen LogP contribution in [0.4, 0.5) is 0 Å². The molecule has 0 saturated heterocycles. The third kappa shape index (κ3) is 6.17. The highest BCUT2D eigenvalue weighted by molar-refractivity contribution is 5.14. The highest BCUT2D eigenvalue weighted by Crippen LogP contribution is 2.26. The molecule has 2 rings (SSSR count). The van der Waals surface area contributed by atoms with Crippen molar-refractivity contribution in [3.63, 3.8) is 0 Å². The van der Waals surface area contributed by atoms with Gasteiger partial charge in [-0.25, -0.2) is 0 Å². The summed E-state index contributed by atoms with van der Waals surface area (Å²) in [4.78, 5) is 2.40. The van der Waals surface area contributed by atoms with Crippen LogP contribution in [-0.4, -0.2) is 40.6 Å². The van der Waals surface area contributed by atoms with E-state index in [1.165, 1.54) is 18.4 Å². The van der Waals surface area contributed by atoms with Crippen LogP contribution in [0.1, 0.15) is 60.4 Å². The number of rotatable bonds is 6. The summed E-state index contributed by atoms with van der Waals surface area (Å²) in [6.45, 7) is 8.52. The molecule has 1 unspecified atom stereocenters. The SMILES string of the molecule is CN(Cc1ccccc1)[C@@H]1CCCC[C@@H]1NC(C)(O)OC(C)(C)C.[HH]. The Bertz CT molecular complexity index is 502. The van der Waals surface area contributed by atoms with Gasteiger partial charge in [-0.3, -0.25) is 10.2 Å². The Morgan fingerprint density at radius 2 is 1.79 bits per heavy atom. The Kier molecular flexibility index (Phi) is 6.43. The molecule has 1 fully saturated rings. The first-order chi connectivity index (χ1) is 11.2. The maximum absolute atomic E-state index is 10.6. The van der Waals surface area contributed by atoms with Gasteiger partial charge in [0.1, 0.15) is 0 Å². The van der Waals surface area contributed by atoms with Gasteiger partial charge in [0, 0.05) is 27.0 Å². The molecule has 0 radical (unpaired) electrons. The number of aliphatic hydroxyl groups is 1. The van der Waals surface area contributed by atoms with Crippen LogP contribution in [0.25, 0.3) is 0 Å². The second-order valence-corrected chi connectivity index (χ2v) is 8.20. The number of hydrogen-bond donors (Lipinski definition) is 2. The monoisotopic (exact) mass is 336 g/mol. The van der Waals surface area contributed by atoms with Gasteiger partial charge < -0.3 is 9.84 Å². The maximum Gasteiger partial charge on any atom is 0.222 e. The van der Waals surface area contributed by atoms with Crippen LogP contribution in [-0.2, 0) is 11.3 Å². The van der Waals surface area contributed by atoms with E-state index in [0.29, 0.717) is 6.04 Å². The van der Waals surface area contributed by atoms with Crippen molar-refractivity contribution >= 4 is 0 Å². The molecule has 1 aromatic carbocycles. The number of hydrogen-bond acceptors (Lipinski definition) is 4. The molecule has 3 atom stereocenters. The van der Waals surface area contributed by atoms with Crippen LogP contribution in [0.15, 0.2) is 30.3 Å². The molecule has 1 aliphatic carbocycles. The van der Waals surface area contributed by atoms with Gasteiger partial charge >= 0.3 is 0 Å². The van der Waals surface area contributed by atoms with Gasteiger partial charge in [0.05, 0.1) is 5.60 Å². The van der Waals surface area contributed by atoms with Crippen molar-refractivity contribution in [2.24, 2.45) is 0 Å². The van der Waals surface area contributed by atoms with Crippen molar-refractivity contribution in [2.45, 2.75) is 83.5 Å². The molecule has 138 valence electrons. The summed E-state index contributed by atoms with van der Waals surface area (Å²) in [5.74, 6) is -1.31. The lowest BCUT2D eigenvalue weighted by atomic mass is 9.89. The van der Waals surface area contributed by atoms with E-state index in [2.05, 4.69) is 47.6 Å². The van der Waals surface area contributed by atoms with Gasteiger partial charge in [-0.15, -0.1) is 0 Å². The van der Waals surface area contributed by atoms with Gasteiger partial charge in [-0.2, -0.15) is 0 Å². The van der Waals surface area contributed by atoms with E-state index >= 15 is 0 Å². The van der Waals surface area contributed by atoms with Crippen molar-refractivity contribution in [3.8, 4) is 0 Å². The molecule has 0 heterocycles. The Labute approximate surface area is 148 Å². The third-order valence-corrected chi connectivity index (χ3v) is 4.53. The van der Waals surface area contributed by atoms with Crippen molar-refractivity contribution in [3.05, 3.63) is 35.9 Å². The van der Waals surface area contributed by atoms with Crippen LogP contribution < -0.4 is 5.32 Å². The summed E-state index contributed by atoms with van der Waals surface area (Å²) < 4.78 is 5.80. The fourth-order valence-electron chi connectivity index (χ4n) is 3.77. The molecular formula is C20H36N2O2. The van der Waals surface area contributed by atoms with Crippen LogP contribution >= 0.6 is 0 Å². The molecule has 1 aromatic rings. The second kappa shape index (κ2) is 7.96. The molecule has 0 aromatic heterocycles. The van der Waals surface area contributed by atoms with E-state index in [1.54, 1.807) is 6.92 Å². The number of likely N-dealkylation sites (N-methyl/N-ethyl adjacent to an activating group) is 1. The number of nitrogens with zero attached hydrogens (tertiary/aromatic N) is 1. The van der Waals surface area contributed by atoms with Crippen molar-refractivity contribution in [1.29, 1.82) is 0 Å². The summed E-state index contributed by atoms with van der Waals surface area (Å²) in [7, 11) is 2.18. The fourth-order valence-corrected chi connectivity index (χ4v) is 3.77. The average molecular weight is 337 g/mol. The lowest BCUT2D eigenvalue weighted by Gasteiger charge is -2.43. The van der Waals surface area contributed by atoms with Crippen LogP contribution in [0.5, 0.6) is 0 Å². The second-order valence-electron chi connectivity index (χ2n) is 8.20. The molecule has 24 heavy (non-hydrogen) atoms. The Hall–Kier alpha value is -0.940. The lowest BCUT2D eigenvalue weighted by molar-refractivity contribution is -0.265. The van der Waals surface area contributed by atoms with Crippen LogP contribution in [0.3, 0.4) is 0 Å². The minimum absolute atomic E-state index is 0. The van der Waals surface area contributed by atoms with Gasteiger partial charge in [0.2, 0.25) is 5.91 Å². The van der Waals surface area contributed by atoms with E-state index in [0.717, 1.165) is 19.4 Å². The lowest BCUT2D eigenvalue weighted by Crippen LogP contribution is -2.59. The van der Waals surface area contributed by atoms with Gasteiger partial charge in [-0.05, 0) is 46.2 Å². The molecule has 1 aliphatic rings. The molecule has 2 N–H and O–H groups in total. The van der Waals surface area contributed by atoms with Crippen molar-refractivity contribution < 1.29 is 11.3 Å². The fraction of sp³-hybridized carbons (Fsp3) is 0.700. The Morgan fingerprint density at radius 1 is 1.17 bits per heavy atom. The maximum atomic E-state index is 10.6. The normalized spacial score (nSPS) is 24.8. The van der Waals surface area contributed by atoms with E-state index in [1.807, 2.05) is 20.8 Å². The molecule has 0 spiro atoms. The average Bonchev–Trinajstić information content (AvgIpc) is 2.45. The van der Waals surface area contributed by atoms with E-state index < -0.39 is 11.5 Å². The summed E-state index contributed by atoms with van der Waals surface area (Å²) in [6.07, 6.45) is 4.64. The summed E-state index contributed by atoms with van der Waals surface area (Å²) >= 11 is 0.